The molecule has 0 radical (unpaired) electrons. The minimum atomic E-state index is 0.929. The average molecular weight is 297 g/mol. The summed E-state index contributed by atoms with van der Waals surface area (Å²) in [5, 5.41) is 3.19. The molecule has 0 aliphatic carbocycles. The van der Waals surface area contributed by atoms with Gasteiger partial charge in [-0.15, -0.1) is 0 Å². The van der Waals surface area contributed by atoms with Crippen LogP contribution in [0.25, 0.3) is 0 Å². The summed E-state index contributed by atoms with van der Waals surface area (Å²) in [7, 11) is 1.98. The molecule has 2 nitrogen and oxygen atoms in total. The van der Waals surface area contributed by atoms with E-state index in [4.69, 9.17) is 0 Å². The van der Waals surface area contributed by atoms with Crippen molar-refractivity contribution in [3.63, 3.8) is 0 Å². The van der Waals surface area contributed by atoms with Crippen LogP contribution in [0, 0.1) is 0 Å². The first-order valence-corrected chi connectivity index (χ1v) is 7.28. The van der Waals surface area contributed by atoms with E-state index < -0.39 is 0 Å². The van der Waals surface area contributed by atoms with Gasteiger partial charge in [-0.05, 0) is 53.5 Å². The molecule has 0 aromatic heterocycles. The van der Waals surface area contributed by atoms with E-state index in [0.29, 0.717) is 0 Å². The van der Waals surface area contributed by atoms with Gasteiger partial charge in [0.25, 0.3) is 0 Å². The molecular weight excluding hydrogens is 276 g/mol. The van der Waals surface area contributed by atoms with E-state index in [1.807, 2.05) is 7.05 Å². The van der Waals surface area contributed by atoms with Crippen molar-refractivity contribution in [2.24, 2.45) is 0 Å². The molecule has 2 rings (SSSR count). The van der Waals surface area contributed by atoms with Crippen LogP contribution in [-0.4, -0.2) is 20.1 Å². The van der Waals surface area contributed by atoms with Gasteiger partial charge in [0.15, 0.2) is 0 Å². The monoisotopic (exact) mass is 296 g/mol. The molecule has 94 valence electrons. The second-order valence-electron chi connectivity index (χ2n) is 4.72. The van der Waals surface area contributed by atoms with Crippen LogP contribution in [0.5, 0.6) is 0 Å². The zero-order chi connectivity index (χ0) is 12.1. The maximum atomic E-state index is 3.71. The van der Waals surface area contributed by atoms with Gasteiger partial charge in [0.1, 0.15) is 0 Å². The maximum Gasteiger partial charge on any atom is 0.0510 e. The molecule has 1 aromatic rings. The number of hydrogen-bond acceptors (Lipinski definition) is 2. The van der Waals surface area contributed by atoms with Crippen molar-refractivity contribution in [2.45, 2.75) is 32.2 Å². The summed E-state index contributed by atoms with van der Waals surface area (Å²) in [4.78, 5) is 2.51. The highest BCUT2D eigenvalue weighted by Gasteiger charge is 2.12. The lowest BCUT2D eigenvalue weighted by Gasteiger charge is -2.24. The number of hydrogen-bond donors (Lipinski definition) is 1. The van der Waals surface area contributed by atoms with Crippen LogP contribution in [0.3, 0.4) is 0 Å². The molecular formula is C14H21BrN2. The topological polar surface area (TPSA) is 15.3 Å². The van der Waals surface area contributed by atoms with Crippen LogP contribution in [-0.2, 0) is 6.54 Å². The van der Waals surface area contributed by atoms with E-state index >= 15 is 0 Å². The highest BCUT2D eigenvalue weighted by atomic mass is 79.9. The van der Waals surface area contributed by atoms with Crippen LogP contribution in [0.4, 0.5) is 5.69 Å². The van der Waals surface area contributed by atoms with Gasteiger partial charge in [-0.1, -0.05) is 18.9 Å². The Morgan fingerprint density at radius 2 is 1.88 bits per heavy atom. The van der Waals surface area contributed by atoms with E-state index in [1.165, 1.54) is 54.5 Å². The first-order chi connectivity index (χ1) is 8.31. The smallest absolute Gasteiger partial charge is 0.0510 e. The van der Waals surface area contributed by atoms with Crippen molar-refractivity contribution >= 4 is 21.6 Å². The van der Waals surface area contributed by atoms with Gasteiger partial charge in [0.2, 0.25) is 0 Å². The second-order valence-corrected chi connectivity index (χ2v) is 5.57. The molecule has 1 fully saturated rings. The summed E-state index contributed by atoms with van der Waals surface area (Å²) in [6.07, 6.45) is 5.41. The zero-order valence-corrected chi connectivity index (χ0v) is 12.1. The Labute approximate surface area is 113 Å². The van der Waals surface area contributed by atoms with Crippen molar-refractivity contribution in [3.8, 4) is 0 Å². The Kier molecular flexibility index (Phi) is 4.86. The van der Waals surface area contributed by atoms with Crippen LogP contribution in [0.15, 0.2) is 22.7 Å². The summed E-state index contributed by atoms with van der Waals surface area (Å²) >= 11 is 3.71. The summed E-state index contributed by atoms with van der Waals surface area (Å²) in [5.41, 5.74) is 2.68. The SMILES string of the molecule is CNCc1ccc(N2CCCCCC2)c(Br)c1. The van der Waals surface area contributed by atoms with Gasteiger partial charge in [-0.2, -0.15) is 0 Å². The molecule has 0 spiro atoms. The standard InChI is InChI=1S/C14H21BrN2/c1-16-11-12-6-7-14(13(15)10-12)17-8-4-2-3-5-9-17/h6-7,10,16H,2-5,8-9,11H2,1H3. The molecule has 1 aromatic carbocycles. The minimum absolute atomic E-state index is 0.929. The van der Waals surface area contributed by atoms with E-state index in [2.05, 4.69) is 44.3 Å². The largest absolute Gasteiger partial charge is 0.371 e. The summed E-state index contributed by atoms with van der Waals surface area (Å²) < 4.78 is 1.23. The van der Waals surface area contributed by atoms with Crippen LogP contribution < -0.4 is 10.2 Å². The van der Waals surface area contributed by atoms with Crippen molar-refractivity contribution in [1.29, 1.82) is 0 Å². The molecule has 1 saturated heterocycles. The first kappa shape index (κ1) is 12.9. The Balaban J connectivity index is 2.14. The molecule has 1 aliphatic rings. The normalized spacial score (nSPS) is 16.9. The maximum absolute atomic E-state index is 3.71. The van der Waals surface area contributed by atoms with Crippen LogP contribution in [0.1, 0.15) is 31.2 Å². The number of benzene rings is 1. The molecule has 17 heavy (non-hydrogen) atoms. The van der Waals surface area contributed by atoms with Gasteiger partial charge < -0.3 is 10.2 Å². The van der Waals surface area contributed by atoms with Crippen molar-refractivity contribution in [1.82, 2.24) is 5.32 Å². The Morgan fingerprint density at radius 1 is 1.18 bits per heavy atom. The highest BCUT2D eigenvalue weighted by molar-refractivity contribution is 9.10. The number of nitrogens with one attached hydrogen (secondary N) is 1. The quantitative estimate of drug-likeness (QED) is 0.918. The van der Waals surface area contributed by atoms with E-state index in [1.54, 1.807) is 0 Å². The van der Waals surface area contributed by atoms with Crippen molar-refractivity contribution in [2.75, 3.05) is 25.0 Å². The molecule has 0 amide bonds. The lowest BCUT2D eigenvalue weighted by Crippen LogP contribution is -2.24. The second kappa shape index (κ2) is 6.41. The van der Waals surface area contributed by atoms with Gasteiger partial charge >= 0.3 is 0 Å². The Morgan fingerprint density at radius 3 is 2.47 bits per heavy atom. The molecule has 1 aliphatic heterocycles. The van der Waals surface area contributed by atoms with Crippen LogP contribution in [0.2, 0.25) is 0 Å². The number of halogens is 1. The van der Waals surface area contributed by atoms with Gasteiger partial charge in [-0.3, -0.25) is 0 Å². The van der Waals surface area contributed by atoms with Gasteiger partial charge in [-0.25, -0.2) is 0 Å². The fraction of sp³-hybridized carbons (Fsp3) is 0.571. The summed E-state index contributed by atoms with van der Waals surface area (Å²) in [6, 6.07) is 6.71. The van der Waals surface area contributed by atoms with Gasteiger partial charge in [0, 0.05) is 24.1 Å². The van der Waals surface area contributed by atoms with Crippen LogP contribution >= 0.6 is 15.9 Å². The fourth-order valence-electron chi connectivity index (χ4n) is 2.43. The summed E-state index contributed by atoms with van der Waals surface area (Å²) in [6.45, 7) is 3.33. The molecule has 0 unspecified atom stereocenters. The van der Waals surface area contributed by atoms with Gasteiger partial charge in [0.05, 0.1) is 5.69 Å². The predicted octanol–water partition coefficient (Wildman–Crippen LogP) is 3.55. The Hall–Kier alpha value is -0.540. The summed E-state index contributed by atoms with van der Waals surface area (Å²) in [5.74, 6) is 0. The predicted molar refractivity (Wildman–Crippen MR) is 77.6 cm³/mol. The van der Waals surface area contributed by atoms with E-state index in [9.17, 15) is 0 Å². The minimum Gasteiger partial charge on any atom is -0.371 e. The average Bonchev–Trinajstić information content (AvgIpc) is 2.58. The lowest BCUT2D eigenvalue weighted by atomic mass is 10.2. The van der Waals surface area contributed by atoms with Crippen molar-refractivity contribution in [3.05, 3.63) is 28.2 Å². The van der Waals surface area contributed by atoms with Crippen molar-refractivity contribution < 1.29 is 0 Å². The molecule has 0 saturated carbocycles. The molecule has 0 bridgehead atoms. The third kappa shape index (κ3) is 3.46. The number of rotatable bonds is 3. The molecule has 1 N–H and O–H groups in total. The third-order valence-corrected chi connectivity index (χ3v) is 3.97. The molecule has 3 heteroatoms. The van der Waals surface area contributed by atoms with E-state index in [-0.39, 0.29) is 0 Å². The zero-order valence-electron chi connectivity index (χ0n) is 10.5. The Bertz CT molecular complexity index is 357. The number of nitrogens with zero attached hydrogens (tertiary/aromatic N) is 1. The third-order valence-electron chi connectivity index (χ3n) is 3.34. The fourth-order valence-corrected chi connectivity index (χ4v) is 3.11. The number of anilines is 1. The molecule has 1 heterocycles. The first-order valence-electron chi connectivity index (χ1n) is 6.49. The van der Waals surface area contributed by atoms with E-state index in [0.717, 1.165) is 6.54 Å². The lowest BCUT2D eigenvalue weighted by molar-refractivity contribution is 0.726. The highest BCUT2D eigenvalue weighted by Crippen LogP contribution is 2.29. The molecule has 0 atom stereocenters.